The van der Waals surface area contributed by atoms with Gasteiger partial charge in [0.1, 0.15) is 5.56 Å². The van der Waals surface area contributed by atoms with E-state index in [-0.39, 0.29) is 23.3 Å². The molecule has 0 saturated heterocycles. The summed E-state index contributed by atoms with van der Waals surface area (Å²) in [5.74, 6) is -0.442. The number of carbonyl (C=O) groups is 1. The van der Waals surface area contributed by atoms with E-state index in [0.717, 1.165) is 6.42 Å². The molecular formula is C15H22N2O4. The molecule has 0 unspecified atom stereocenters. The van der Waals surface area contributed by atoms with Gasteiger partial charge in [0, 0.05) is 18.7 Å². The normalized spacial score (nSPS) is 11.2. The van der Waals surface area contributed by atoms with Gasteiger partial charge < -0.3 is 10.4 Å². The Bertz CT molecular complexity index is 526. The number of aliphatic hydroxyl groups is 1. The Labute approximate surface area is 124 Å². The van der Waals surface area contributed by atoms with Crippen molar-refractivity contribution in [1.29, 1.82) is 0 Å². The maximum atomic E-state index is 12.2. The molecule has 6 nitrogen and oxygen atoms in total. The average molecular weight is 294 g/mol. The van der Waals surface area contributed by atoms with Crippen molar-refractivity contribution in [2.24, 2.45) is 5.41 Å². The van der Waals surface area contributed by atoms with Crippen LogP contribution in [-0.4, -0.2) is 29.1 Å². The lowest BCUT2D eigenvalue weighted by atomic mass is 9.88. The van der Waals surface area contributed by atoms with E-state index in [1.165, 1.54) is 6.07 Å². The first-order valence-electron chi connectivity index (χ1n) is 6.91. The second-order valence-corrected chi connectivity index (χ2v) is 5.90. The number of hydrogen-bond acceptors (Lipinski definition) is 4. The third-order valence-corrected chi connectivity index (χ3v) is 3.40. The third kappa shape index (κ3) is 4.82. The number of rotatable bonds is 7. The molecule has 0 spiro atoms. The monoisotopic (exact) mass is 294 g/mol. The highest BCUT2D eigenvalue weighted by molar-refractivity contribution is 5.98. The first kappa shape index (κ1) is 17.1. The molecule has 0 aromatic heterocycles. The number of benzene rings is 1. The highest BCUT2D eigenvalue weighted by Gasteiger charge is 2.24. The van der Waals surface area contributed by atoms with Gasteiger partial charge in [0.25, 0.3) is 11.6 Å². The summed E-state index contributed by atoms with van der Waals surface area (Å²) < 4.78 is 0. The Kier molecular flexibility index (Phi) is 5.84. The highest BCUT2D eigenvalue weighted by atomic mass is 16.6. The highest BCUT2D eigenvalue weighted by Crippen LogP contribution is 2.24. The van der Waals surface area contributed by atoms with Crippen LogP contribution in [0.5, 0.6) is 0 Å². The summed E-state index contributed by atoms with van der Waals surface area (Å²) in [5, 5.41) is 22.7. The van der Waals surface area contributed by atoms with Gasteiger partial charge in [0.2, 0.25) is 0 Å². The van der Waals surface area contributed by atoms with Crippen LogP contribution in [0.15, 0.2) is 18.2 Å². The number of nitrogens with zero attached hydrogens (tertiary/aromatic N) is 1. The Balaban J connectivity index is 2.82. The van der Waals surface area contributed by atoms with E-state index < -0.39 is 10.8 Å². The number of hydrogen-bond donors (Lipinski definition) is 2. The molecule has 0 aliphatic heterocycles. The lowest BCUT2D eigenvalue weighted by Crippen LogP contribution is -2.34. The fourth-order valence-corrected chi connectivity index (χ4v) is 2.15. The minimum Gasteiger partial charge on any atom is -0.396 e. The van der Waals surface area contributed by atoms with Gasteiger partial charge in [0.15, 0.2) is 0 Å². The Morgan fingerprint density at radius 2 is 2.10 bits per heavy atom. The third-order valence-electron chi connectivity index (χ3n) is 3.40. The molecule has 0 aliphatic rings. The molecule has 6 heteroatoms. The molecule has 0 aliphatic carbocycles. The van der Waals surface area contributed by atoms with Crippen LogP contribution in [0.1, 0.15) is 42.6 Å². The number of aryl methyl sites for hydroxylation is 1. The molecule has 0 fully saturated rings. The van der Waals surface area contributed by atoms with E-state index in [9.17, 15) is 14.9 Å². The van der Waals surface area contributed by atoms with Crippen LogP contribution in [0.4, 0.5) is 5.69 Å². The maximum Gasteiger partial charge on any atom is 0.285 e. The number of amides is 1. The smallest absolute Gasteiger partial charge is 0.285 e. The van der Waals surface area contributed by atoms with Crippen LogP contribution in [0.25, 0.3) is 0 Å². The molecule has 116 valence electrons. The minimum atomic E-state index is -0.527. The van der Waals surface area contributed by atoms with Crippen LogP contribution < -0.4 is 5.32 Å². The summed E-state index contributed by atoms with van der Waals surface area (Å²) in [6.07, 6.45) is 1.42. The van der Waals surface area contributed by atoms with Crippen molar-refractivity contribution in [1.82, 2.24) is 5.32 Å². The average Bonchev–Trinajstić information content (AvgIpc) is 2.42. The summed E-state index contributed by atoms with van der Waals surface area (Å²) in [6, 6.07) is 4.70. The van der Waals surface area contributed by atoms with E-state index in [0.29, 0.717) is 18.5 Å². The predicted octanol–water partition coefficient (Wildman–Crippen LogP) is 2.43. The van der Waals surface area contributed by atoms with Gasteiger partial charge in [-0.3, -0.25) is 14.9 Å². The van der Waals surface area contributed by atoms with Crippen molar-refractivity contribution < 1.29 is 14.8 Å². The van der Waals surface area contributed by atoms with Crippen LogP contribution in [0, 0.1) is 22.5 Å². The second-order valence-electron chi connectivity index (χ2n) is 5.90. The Hall–Kier alpha value is -1.95. The van der Waals surface area contributed by atoms with Crippen LogP contribution in [0.2, 0.25) is 0 Å². The van der Waals surface area contributed by atoms with Crippen molar-refractivity contribution >= 4 is 11.6 Å². The zero-order chi connectivity index (χ0) is 16.0. The molecule has 0 bridgehead atoms. The SMILES string of the molecule is Cc1cccc(C(=O)NCC(C)(C)CCCO)c1[N+](=O)[O-]. The van der Waals surface area contributed by atoms with Gasteiger partial charge >= 0.3 is 0 Å². The zero-order valence-corrected chi connectivity index (χ0v) is 12.7. The maximum absolute atomic E-state index is 12.2. The van der Waals surface area contributed by atoms with E-state index in [2.05, 4.69) is 5.32 Å². The number of nitro groups is 1. The van der Waals surface area contributed by atoms with Crippen molar-refractivity contribution in [3.05, 3.63) is 39.4 Å². The number of carbonyl (C=O) groups excluding carboxylic acids is 1. The standard InChI is InChI=1S/C15H22N2O4/c1-11-6-4-7-12(13(11)17(20)21)14(19)16-10-15(2,3)8-5-9-18/h4,6-7,18H,5,8-10H2,1-3H3,(H,16,19). The molecule has 0 radical (unpaired) electrons. The molecule has 1 amide bonds. The summed E-state index contributed by atoms with van der Waals surface area (Å²) in [6.45, 7) is 6.08. The van der Waals surface area contributed by atoms with Gasteiger partial charge in [-0.15, -0.1) is 0 Å². The van der Waals surface area contributed by atoms with Gasteiger partial charge in [-0.05, 0) is 31.2 Å². The second kappa shape index (κ2) is 7.17. The summed E-state index contributed by atoms with van der Waals surface area (Å²) in [7, 11) is 0. The zero-order valence-electron chi connectivity index (χ0n) is 12.7. The molecule has 0 saturated carbocycles. The lowest BCUT2D eigenvalue weighted by Gasteiger charge is -2.24. The van der Waals surface area contributed by atoms with E-state index in [1.807, 2.05) is 13.8 Å². The Morgan fingerprint density at radius 1 is 1.43 bits per heavy atom. The van der Waals surface area contributed by atoms with E-state index in [4.69, 9.17) is 5.11 Å². The van der Waals surface area contributed by atoms with Crippen LogP contribution in [0.3, 0.4) is 0 Å². The van der Waals surface area contributed by atoms with Crippen molar-refractivity contribution in [3.63, 3.8) is 0 Å². The number of para-hydroxylation sites is 1. The fraction of sp³-hybridized carbons (Fsp3) is 0.533. The van der Waals surface area contributed by atoms with Crippen LogP contribution >= 0.6 is 0 Å². The fourth-order valence-electron chi connectivity index (χ4n) is 2.15. The molecule has 0 atom stereocenters. The van der Waals surface area contributed by atoms with Gasteiger partial charge in [-0.1, -0.05) is 26.0 Å². The molecule has 1 aromatic rings. The first-order valence-corrected chi connectivity index (χ1v) is 6.91. The molecule has 1 aromatic carbocycles. The van der Waals surface area contributed by atoms with Gasteiger partial charge in [-0.25, -0.2) is 0 Å². The predicted molar refractivity (Wildman–Crippen MR) is 80.3 cm³/mol. The summed E-state index contributed by atoms with van der Waals surface area (Å²) in [4.78, 5) is 22.7. The lowest BCUT2D eigenvalue weighted by molar-refractivity contribution is -0.385. The molecule has 21 heavy (non-hydrogen) atoms. The van der Waals surface area contributed by atoms with Gasteiger partial charge in [0.05, 0.1) is 4.92 Å². The van der Waals surface area contributed by atoms with E-state index >= 15 is 0 Å². The molecule has 0 heterocycles. The summed E-state index contributed by atoms with van der Waals surface area (Å²) in [5.41, 5.74) is 0.227. The largest absolute Gasteiger partial charge is 0.396 e. The van der Waals surface area contributed by atoms with Crippen LogP contribution in [-0.2, 0) is 0 Å². The number of nitro benzene ring substituents is 1. The van der Waals surface area contributed by atoms with Crippen molar-refractivity contribution in [2.45, 2.75) is 33.6 Å². The molecule has 2 N–H and O–H groups in total. The van der Waals surface area contributed by atoms with E-state index in [1.54, 1.807) is 19.1 Å². The molecular weight excluding hydrogens is 272 g/mol. The number of aliphatic hydroxyl groups excluding tert-OH is 1. The topological polar surface area (TPSA) is 92.5 Å². The quantitative estimate of drug-likeness (QED) is 0.596. The Morgan fingerprint density at radius 3 is 2.67 bits per heavy atom. The van der Waals surface area contributed by atoms with Crippen molar-refractivity contribution in [3.8, 4) is 0 Å². The first-order chi connectivity index (χ1) is 9.78. The number of nitrogens with one attached hydrogen (secondary N) is 1. The summed E-state index contributed by atoms with van der Waals surface area (Å²) >= 11 is 0. The molecule has 1 rings (SSSR count). The van der Waals surface area contributed by atoms with Crippen molar-refractivity contribution in [2.75, 3.05) is 13.2 Å². The minimum absolute atomic E-state index is 0.0814. The van der Waals surface area contributed by atoms with Gasteiger partial charge in [-0.2, -0.15) is 0 Å².